The zero-order chi connectivity index (χ0) is 13.3. The predicted octanol–water partition coefficient (Wildman–Crippen LogP) is 3.50. The molecule has 0 radical (unpaired) electrons. The van der Waals surface area contributed by atoms with Crippen LogP contribution in [0.4, 0.5) is 0 Å². The Kier molecular flexibility index (Phi) is 4.15. The van der Waals surface area contributed by atoms with Gasteiger partial charge in [-0.05, 0) is 39.5 Å². The predicted molar refractivity (Wildman–Crippen MR) is 75.3 cm³/mol. The summed E-state index contributed by atoms with van der Waals surface area (Å²) in [6.07, 6.45) is 3.47. The molecule has 1 amide bonds. The number of alkyl halides is 1. The van der Waals surface area contributed by atoms with Crippen molar-refractivity contribution in [1.29, 1.82) is 0 Å². The van der Waals surface area contributed by atoms with Crippen LogP contribution < -0.4 is 5.32 Å². The Hall–Kier alpha value is -0.770. The molecule has 1 N–H and O–H groups in total. The largest absolute Gasteiger partial charge is 0.466 e. The van der Waals surface area contributed by atoms with Gasteiger partial charge in [0, 0.05) is 16.9 Å². The van der Waals surface area contributed by atoms with Crippen LogP contribution >= 0.6 is 15.9 Å². The molecule has 1 aliphatic carbocycles. The van der Waals surface area contributed by atoms with Crippen LogP contribution in [0.3, 0.4) is 0 Å². The van der Waals surface area contributed by atoms with Gasteiger partial charge in [0.05, 0.1) is 5.56 Å². The van der Waals surface area contributed by atoms with Crippen molar-refractivity contribution in [2.24, 2.45) is 5.92 Å². The van der Waals surface area contributed by atoms with Gasteiger partial charge in [-0.1, -0.05) is 22.4 Å². The first kappa shape index (κ1) is 13.7. The summed E-state index contributed by atoms with van der Waals surface area (Å²) in [7, 11) is 0. The van der Waals surface area contributed by atoms with Gasteiger partial charge >= 0.3 is 0 Å². The average molecular weight is 314 g/mol. The van der Waals surface area contributed by atoms with Crippen molar-refractivity contribution in [3.63, 3.8) is 0 Å². The lowest BCUT2D eigenvalue weighted by Crippen LogP contribution is -2.38. The molecule has 2 atom stereocenters. The highest BCUT2D eigenvalue weighted by atomic mass is 79.9. The van der Waals surface area contributed by atoms with Gasteiger partial charge in [-0.25, -0.2) is 0 Å². The first-order valence-corrected chi connectivity index (χ1v) is 7.60. The van der Waals surface area contributed by atoms with Crippen LogP contribution in [0, 0.1) is 26.7 Å². The molecule has 0 saturated heterocycles. The summed E-state index contributed by atoms with van der Waals surface area (Å²) < 4.78 is 5.51. The Morgan fingerprint density at radius 2 is 2.06 bits per heavy atom. The topological polar surface area (TPSA) is 42.2 Å². The molecule has 1 aromatic rings. The van der Waals surface area contributed by atoms with Gasteiger partial charge in [0.25, 0.3) is 5.91 Å². The van der Waals surface area contributed by atoms with Crippen molar-refractivity contribution >= 4 is 21.8 Å². The van der Waals surface area contributed by atoms with Crippen LogP contribution in [-0.4, -0.2) is 17.3 Å². The second-order valence-corrected chi connectivity index (χ2v) is 5.79. The molecule has 1 saturated carbocycles. The van der Waals surface area contributed by atoms with Crippen LogP contribution in [0.1, 0.15) is 46.7 Å². The van der Waals surface area contributed by atoms with Crippen molar-refractivity contribution in [3.8, 4) is 0 Å². The van der Waals surface area contributed by atoms with E-state index in [1.807, 2.05) is 20.8 Å². The van der Waals surface area contributed by atoms with Crippen LogP contribution in [0.15, 0.2) is 4.42 Å². The van der Waals surface area contributed by atoms with Crippen LogP contribution in [0.2, 0.25) is 0 Å². The first-order chi connectivity index (χ1) is 8.54. The van der Waals surface area contributed by atoms with Gasteiger partial charge in [0.1, 0.15) is 11.5 Å². The Bertz CT molecular complexity index is 453. The van der Waals surface area contributed by atoms with E-state index in [-0.39, 0.29) is 5.91 Å². The quantitative estimate of drug-likeness (QED) is 0.868. The molecule has 2 unspecified atom stereocenters. The monoisotopic (exact) mass is 313 g/mol. The number of halogens is 1. The lowest BCUT2D eigenvalue weighted by atomic mass is 10.0. The number of nitrogens with one attached hydrogen (secondary N) is 1. The molecule has 4 heteroatoms. The fraction of sp³-hybridized carbons (Fsp3) is 0.643. The van der Waals surface area contributed by atoms with E-state index in [9.17, 15) is 4.79 Å². The second-order valence-electron chi connectivity index (χ2n) is 5.14. The molecular weight excluding hydrogens is 294 g/mol. The molecule has 0 spiro atoms. The summed E-state index contributed by atoms with van der Waals surface area (Å²) in [5.74, 6) is 2.12. The minimum Gasteiger partial charge on any atom is -0.466 e. The maximum absolute atomic E-state index is 12.3. The number of furan rings is 1. The summed E-state index contributed by atoms with van der Waals surface area (Å²) in [4.78, 5) is 12.3. The number of hydrogen-bond acceptors (Lipinski definition) is 2. The zero-order valence-corrected chi connectivity index (χ0v) is 12.8. The highest BCUT2D eigenvalue weighted by Gasteiger charge is 2.29. The molecule has 1 aromatic heterocycles. The minimum absolute atomic E-state index is 0.0136. The van der Waals surface area contributed by atoms with Crippen LogP contribution in [0.25, 0.3) is 0 Å². The third-order valence-electron chi connectivity index (χ3n) is 3.96. The number of carbonyl (C=O) groups is 1. The fourth-order valence-corrected chi connectivity index (χ4v) is 3.55. The molecule has 1 aliphatic rings. The molecular formula is C14H20BrNO2. The maximum Gasteiger partial charge on any atom is 0.255 e. The fourth-order valence-electron chi connectivity index (χ4n) is 2.78. The molecule has 1 fully saturated rings. The van der Waals surface area contributed by atoms with Crippen LogP contribution in [-0.2, 0) is 0 Å². The Morgan fingerprint density at radius 1 is 1.33 bits per heavy atom. The summed E-state index contributed by atoms with van der Waals surface area (Å²) >= 11 is 3.53. The average Bonchev–Trinajstić information content (AvgIpc) is 2.85. The summed E-state index contributed by atoms with van der Waals surface area (Å²) in [5, 5.41) is 4.12. The smallest absolute Gasteiger partial charge is 0.255 e. The van der Waals surface area contributed by atoms with Crippen LogP contribution in [0.5, 0.6) is 0 Å². The van der Waals surface area contributed by atoms with Gasteiger partial charge in [0.15, 0.2) is 0 Å². The first-order valence-electron chi connectivity index (χ1n) is 6.48. The number of rotatable bonds is 3. The van der Waals surface area contributed by atoms with Crippen molar-refractivity contribution < 1.29 is 9.21 Å². The van der Waals surface area contributed by atoms with Gasteiger partial charge in [0.2, 0.25) is 0 Å². The van der Waals surface area contributed by atoms with Crippen molar-refractivity contribution in [2.45, 2.75) is 46.1 Å². The van der Waals surface area contributed by atoms with Gasteiger partial charge in [-0.3, -0.25) is 4.79 Å². The number of aryl methyl sites for hydroxylation is 2. The van der Waals surface area contributed by atoms with Crippen molar-refractivity contribution in [1.82, 2.24) is 5.32 Å². The minimum atomic E-state index is 0.0136. The molecule has 100 valence electrons. The SMILES string of the molecule is Cc1oc(C)c(C(=O)NC2CCCC2CBr)c1C. The third kappa shape index (κ3) is 2.48. The molecule has 0 bridgehead atoms. The number of carbonyl (C=O) groups excluding carboxylic acids is 1. The lowest BCUT2D eigenvalue weighted by Gasteiger charge is -2.19. The summed E-state index contributed by atoms with van der Waals surface area (Å²) in [5.41, 5.74) is 1.67. The van der Waals surface area contributed by atoms with Crippen molar-refractivity contribution in [2.75, 3.05) is 5.33 Å². The zero-order valence-electron chi connectivity index (χ0n) is 11.2. The van der Waals surface area contributed by atoms with Gasteiger partial charge in [-0.2, -0.15) is 0 Å². The molecule has 1 heterocycles. The van der Waals surface area contributed by atoms with E-state index in [0.717, 1.165) is 28.8 Å². The normalized spacial score (nSPS) is 23.3. The molecule has 0 aliphatic heterocycles. The molecule has 3 nitrogen and oxygen atoms in total. The third-order valence-corrected chi connectivity index (χ3v) is 4.79. The number of hydrogen-bond donors (Lipinski definition) is 1. The van der Waals surface area contributed by atoms with Crippen molar-refractivity contribution in [3.05, 3.63) is 22.6 Å². The van der Waals surface area contributed by atoms with E-state index in [4.69, 9.17) is 4.42 Å². The Labute approximate surface area is 116 Å². The van der Waals surface area contributed by atoms with Gasteiger partial charge in [-0.15, -0.1) is 0 Å². The van der Waals surface area contributed by atoms with E-state index in [1.165, 1.54) is 12.8 Å². The molecule has 18 heavy (non-hydrogen) atoms. The Balaban J connectivity index is 2.12. The molecule has 0 aromatic carbocycles. The number of amides is 1. The van der Waals surface area contributed by atoms with E-state index >= 15 is 0 Å². The Morgan fingerprint density at radius 3 is 2.61 bits per heavy atom. The maximum atomic E-state index is 12.3. The van der Waals surface area contributed by atoms with E-state index < -0.39 is 0 Å². The highest BCUT2D eigenvalue weighted by molar-refractivity contribution is 9.09. The lowest BCUT2D eigenvalue weighted by molar-refractivity contribution is 0.0928. The van der Waals surface area contributed by atoms with E-state index in [1.54, 1.807) is 0 Å². The van der Waals surface area contributed by atoms with E-state index in [0.29, 0.717) is 17.5 Å². The van der Waals surface area contributed by atoms with E-state index in [2.05, 4.69) is 21.2 Å². The van der Waals surface area contributed by atoms with Gasteiger partial charge < -0.3 is 9.73 Å². The summed E-state index contributed by atoms with van der Waals surface area (Å²) in [6, 6.07) is 0.297. The molecule has 2 rings (SSSR count). The summed E-state index contributed by atoms with van der Waals surface area (Å²) in [6.45, 7) is 5.69. The standard InChI is InChI=1S/C14H20BrNO2/c1-8-9(2)18-10(3)13(8)14(17)16-12-6-4-5-11(12)7-15/h11-12H,4-7H2,1-3H3,(H,16,17). The second kappa shape index (κ2) is 5.47. The highest BCUT2D eigenvalue weighted by Crippen LogP contribution is 2.28.